The van der Waals surface area contributed by atoms with E-state index in [1.807, 2.05) is 13.0 Å². The number of rotatable bonds is 8. The van der Waals surface area contributed by atoms with E-state index in [9.17, 15) is 9.18 Å². The molecule has 3 rings (SSSR count). The zero-order valence-corrected chi connectivity index (χ0v) is 17.7. The zero-order chi connectivity index (χ0) is 21.7. The van der Waals surface area contributed by atoms with Crippen molar-refractivity contribution in [2.45, 2.75) is 63.6 Å². The van der Waals surface area contributed by atoms with Crippen LogP contribution in [0.25, 0.3) is 5.70 Å². The molecule has 1 aromatic heterocycles. The normalized spacial score (nSPS) is 18.9. The van der Waals surface area contributed by atoms with Gasteiger partial charge in [0.1, 0.15) is 18.0 Å². The van der Waals surface area contributed by atoms with E-state index in [1.165, 1.54) is 24.3 Å². The van der Waals surface area contributed by atoms with Crippen molar-refractivity contribution in [1.29, 1.82) is 0 Å². The summed E-state index contributed by atoms with van der Waals surface area (Å²) in [6.07, 6.45) is 6.16. The van der Waals surface area contributed by atoms with E-state index in [0.717, 1.165) is 24.3 Å². The van der Waals surface area contributed by atoms with Crippen LogP contribution < -0.4 is 21.6 Å². The quantitative estimate of drug-likeness (QED) is 0.437. The van der Waals surface area contributed by atoms with Crippen LogP contribution in [0.1, 0.15) is 56.3 Å². The van der Waals surface area contributed by atoms with Gasteiger partial charge in [-0.05, 0) is 57.6 Å². The highest BCUT2D eigenvalue weighted by Crippen LogP contribution is 2.39. The average molecular weight is 422 g/mol. The summed E-state index contributed by atoms with van der Waals surface area (Å²) < 4.78 is 24.6. The van der Waals surface area contributed by atoms with Crippen LogP contribution in [0, 0.1) is 6.92 Å². The van der Waals surface area contributed by atoms with Crippen molar-refractivity contribution in [3.05, 3.63) is 29.2 Å². The highest BCUT2D eigenvalue weighted by molar-refractivity contribution is 5.69. The number of alkyl halides is 1. The lowest BCUT2D eigenvalue weighted by Crippen LogP contribution is -2.37. The molecule has 2 fully saturated rings. The average Bonchev–Trinajstić information content (AvgIpc) is 3.46. The van der Waals surface area contributed by atoms with Gasteiger partial charge in [0.15, 0.2) is 0 Å². The molecule has 8 nitrogen and oxygen atoms in total. The number of aryl methyl sites for hydroxylation is 1. The van der Waals surface area contributed by atoms with Crippen LogP contribution in [0.5, 0.6) is 5.75 Å². The number of carbonyl (C=O) groups is 1. The van der Waals surface area contributed by atoms with Crippen molar-refractivity contribution in [3.8, 4) is 5.75 Å². The molecule has 1 heterocycles. The molecule has 2 aliphatic rings. The SMILES string of the molecule is Cc1nc(/C(N)=C(\CNC(=O)OCC2(F)CC2)N(C)N)ccc1OC1CCCCC1. The van der Waals surface area contributed by atoms with Crippen molar-refractivity contribution < 1.29 is 18.7 Å². The minimum Gasteiger partial charge on any atom is -0.489 e. The maximum absolute atomic E-state index is 13.6. The predicted octanol–water partition coefficient (Wildman–Crippen LogP) is 2.76. The highest BCUT2D eigenvalue weighted by atomic mass is 19.1. The van der Waals surface area contributed by atoms with E-state index in [4.69, 9.17) is 21.1 Å². The lowest BCUT2D eigenvalue weighted by Gasteiger charge is -2.24. The van der Waals surface area contributed by atoms with E-state index in [1.54, 1.807) is 13.1 Å². The van der Waals surface area contributed by atoms with Gasteiger partial charge in [-0.25, -0.2) is 20.0 Å². The van der Waals surface area contributed by atoms with Crippen LogP contribution in [-0.4, -0.2) is 48.1 Å². The number of carbonyl (C=O) groups excluding carboxylic acids is 1. The molecule has 2 aliphatic carbocycles. The second-order valence-electron chi connectivity index (χ2n) is 8.21. The topological polar surface area (TPSA) is 116 Å². The van der Waals surface area contributed by atoms with Gasteiger partial charge in [-0.1, -0.05) is 6.42 Å². The van der Waals surface area contributed by atoms with Gasteiger partial charge in [0, 0.05) is 7.05 Å². The van der Waals surface area contributed by atoms with Gasteiger partial charge in [0.05, 0.1) is 35.4 Å². The number of nitrogens with one attached hydrogen (secondary N) is 1. The molecule has 2 saturated carbocycles. The van der Waals surface area contributed by atoms with Crippen molar-refractivity contribution in [2.75, 3.05) is 20.2 Å². The zero-order valence-electron chi connectivity index (χ0n) is 17.7. The molecule has 166 valence electrons. The molecule has 0 bridgehead atoms. The van der Waals surface area contributed by atoms with Crippen LogP contribution in [0.15, 0.2) is 17.8 Å². The summed E-state index contributed by atoms with van der Waals surface area (Å²) in [5.74, 6) is 6.65. The number of hydrogen-bond acceptors (Lipinski definition) is 7. The molecular formula is C21H32FN5O3. The number of hydrogen-bond donors (Lipinski definition) is 3. The summed E-state index contributed by atoms with van der Waals surface area (Å²) in [4.78, 5) is 16.4. The Morgan fingerprint density at radius 3 is 2.63 bits per heavy atom. The molecule has 1 amide bonds. The first-order chi connectivity index (χ1) is 14.3. The lowest BCUT2D eigenvalue weighted by molar-refractivity contribution is 0.103. The Kier molecular flexibility index (Phi) is 7.02. The fraction of sp³-hybridized carbons (Fsp3) is 0.619. The van der Waals surface area contributed by atoms with Crippen molar-refractivity contribution in [3.63, 3.8) is 0 Å². The van der Waals surface area contributed by atoms with Gasteiger partial charge in [-0.2, -0.15) is 0 Å². The van der Waals surface area contributed by atoms with E-state index in [-0.39, 0.29) is 19.3 Å². The Balaban J connectivity index is 1.64. The molecule has 0 spiro atoms. The van der Waals surface area contributed by atoms with Gasteiger partial charge in [-0.15, -0.1) is 0 Å². The van der Waals surface area contributed by atoms with Gasteiger partial charge in [-0.3, -0.25) is 0 Å². The summed E-state index contributed by atoms with van der Waals surface area (Å²) in [5, 5.41) is 3.87. The number of pyridine rings is 1. The predicted molar refractivity (Wildman–Crippen MR) is 112 cm³/mol. The molecule has 0 aromatic carbocycles. The Morgan fingerprint density at radius 2 is 2.03 bits per heavy atom. The fourth-order valence-corrected chi connectivity index (χ4v) is 3.42. The number of ether oxygens (including phenoxy) is 2. The summed E-state index contributed by atoms with van der Waals surface area (Å²) in [7, 11) is 1.61. The Bertz CT molecular complexity index is 789. The maximum atomic E-state index is 13.6. The third kappa shape index (κ3) is 5.98. The van der Waals surface area contributed by atoms with Gasteiger partial charge in [0.25, 0.3) is 0 Å². The van der Waals surface area contributed by atoms with Gasteiger partial charge in [0.2, 0.25) is 0 Å². The second-order valence-corrected chi connectivity index (χ2v) is 8.21. The standard InChI is InChI=1S/C21H32FN5O3/c1-14-18(30-15-6-4-3-5-7-15)9-8-16(26-14)19(23)17(27(2)24)12-25-20(28)29-13-21(22)10-11-21/h8-9,15H,3-7,10-13,23-24H2,1-2H3,(H,25,28)/b19-17-. The smallest absolute Gasteiger partial charge is 0.407 e. The molecule has 1 aromatic rings. The highest BCUT2D eigenvalue weighted by Gasteiger charge is 2.44. The number of aromatic nitrogens is 1. The van der Waals surface area contributed by atoms with Crippen LogP contribution in [0.3, 0.4) is 0 Å². The van der Waals surface area contributed by atoms with E-state index >= 15 is 0 Å². The maximum Gasteiger partial charge on any atom is 0.407 e. The minimum atomic E-state index is -1.36. The minimum absolute atomic E-state index is 0.0258. The number of likely N-dealkylation sites (N-methyl/N-ethyl adjacent to an activating group) is 1. The number of nitrogens with zero attached hydrogens (tertiary/aromatic N) is 2. The summed E-state index contributed by atoms with van der Waals surface area (Å²) >= 11 is 0. The monoisotopic (exact) mass is 421 g/mol. The number of amides is 1. The Morgan fingerprint density at radius 1 is 1.33 bits per heavy atom. The third-order valence-electron chi connectivity index (χ3n) is 5.55. The van der Waals surface area contributed by atoms with Crippen molar-refractivity contribution >= 4 is 11.8 Å². The molecule has 0 unspecified atom stereocenters. The number of hydrazine groups is 1. The molecule has 30 heavy (non-hydrogen) atoms. The molecule has 0 aliphatic heterocycles. The molecule has 0 saturated heterocycles. The molecule has 0 radical (unpaired) electrons. The Labute approximate surface area is 176 Å². The molecule has 9 heteroatoms. The van der Waals surface area contributed by atoms with Crippen LogP contribution in [0.2, 0.25) is 0 Å². The number of alkyl carbamates (subject to hydrolysis) is 1. The van der Waals surface area contributed by atoms with E-state index < -0.39 is 11.8 Å². The second kappa shape index (κ2) is 9.51. The van der Waals surface area contributed by atoms with Crippen LogP contribution in [-0.2, 0) is 4.74 Å². The summed E-state index contributed by atoms with van der Waals surface area (Å²) in [6, 6.07) is 3.65. The van der Waals surface area contributed by atoms with Crippen molar-refractivity contribution in [2.24, 2.45) is 11.6 Å². The van der Waals surface area contributed by atoms with Crippen molar-refractivity contribution in [1.82, 2.24) is 15.3 Å². The molecule has 0 atom stereocenters. The van der Waals surface area contributed by atoms with E-state index in [2.05, 4.69) is 10.3 Å². The molecular weight excluding hydrogens is 389 g/mol. The molecule has 5 N–H and O–H groups in total. The summed E-state index contributed by atoms with van der Waals surface area (Å²) in [6.45, 7) is 1.66. The number of nitrogens with two attached hydrogens (primary N) is 2. The van der Waals surface area contributed by atoms with Crippen LogP contribution >= 0.6 is 0 Å². The fourth-order valence-electron chi connectivity index (χ4n) is 3.42. The lowest BCUT2D eigenvalue weighted by atomic mass is 9.98. The first-order valence-corrected chi connectivity index (χ1v) is 10.5. The largest absolute Gasteiger partial charge is 0.489 e. The van der Waals surface area contributed by atoms with E-state index in [0.29, 0.717) is 29.9 Å². The Hall–Kier alpha value is -2.55. The third-order valence-corrected chi connectivity index (χ3v) is 5.55. The first-order valence-electron chi connectivity index (χ1n) is 10.5. The number of halogens is 1. The van der Waals surface area contributed by atoms with Gasteiger partial charge >= 0.3 is 6.09 Å². The van der Waals surface area contributed by atoms with Crippen LogP contribution in [0.4, 0.5) is 9.18 Å². The van der Waals surface area contributed by atoms with Gasteiger partial charge < -0.3 is 25.5 Å². The first kappa shape index (κ1) is 22.1. The summed E-state index contributed by atoms with van der Waals surface area (Å²) in [5.41, 5.74) is 6.99.